The molecule has 0 aliphatic carbocycles. The summed E-state index contributed by atoms with van der Waals surface area (Å²) in [5, 5.41) is 8.39. The van der Waals surface area contributed by atoms with Crippen LogP contribution in [0.15, 0.2) is 83.5 Å². The number of aromatic amines is 1. The number of fused-ring (bicyclic) bond motifs is 2. The number of hydrogen-bond donors (Lipinski definition) is 2. The first-order chi connectivity index (χ1) is 19.5. The number of amides is 1. The summed E-state index contributed by atoms with van der Waals surface area (Å²) in [5.41, 5.74) is 6.20. The van der Waals surface area contributed by atoms with Crippen molar-refractivity contribution in [3.05, 3.63) is 113 Å². The Morgan fingerprint density at radius 1 is 1.07 bits per heavy atom. The van der Waals surface area contributed by atoms with Crippen LogP contribution in [-0.4, -0.2) is 32.7 Å². The van der Waals surface area contributed by atoms with Crippen LogP contribution in [-0.2, 0) is 19.4 Å². The van der Waals surface area contributed by atoms with Crippen LogP contribution in [0.1, 0.15) is 44.8 Å². The van der Waals surface area contributed by atoms with Crippen LogP contribution in [0, 0.1) is 13.8 Å². The van der Waals surface area contributed by atoms with Gasteiger partial charge < -0.3 is 24.1 Å². The van der Waals surface area contributed by atoms with Gasteiger partial charge in [0.2, 0.25) is 0 Å². The molecule has 8 nitrogen and oxygen atoms in total. The molecular weight excluding hydrogens is 502 g/mol. The number of carbonyl (C=O) groups is 1. The van der Waals surface area contributed by atoms with Crippen molar-refractivity contribution in [1.29, 1.82) is 0 Å². The minimum Gasteiger partial charge on any atom is -0.497 e. The molecule has 3 heterocycles. The van der Waals surface area contributed by atoms with E-state index in [-0.39, 0.29) is 5.91 Å². The number of H-pyrrole nitrogens is 1. The summed E-state index contributed by atoms with van der Waals surface area (Å²) >= 11 is 0. The molecule has 0 spiro atoms. The number of hydrogen-bond acceptors (Lipinski definition) is 5. The Bertz CT molecular complexity index is 1780. The summed E-state index contributed by atoms with van der Waals surface area (Å²) in [7, 11) is 1.66. The molecule has 1 amide bonds. The largest absolute Gasteiger partial charge is 0.497 e. The van der Waals surface area contributed by atoms with Crippen molar-refractivity contribution in [2.24, 2.45) is 0 Å². The molecule has 3 aromatic heterocycles. The summed E-state index contributed by atoms with van der Waals surface area (Å²) in [5.74, 6) is 1.79. The van der Waals surface area contributed by atoms with Gasteiger partial charge in [-0.3, -0.25) is 4.79 Å². The Morgan fingerprint density at radius 2 is 1.88 bits per heavy atom. The lowest BCUT2D eigenvalue weighted by molar-refractivity contribution is 0.0932. The lowest BCUT2D eigenvalue weighted by Crippen LogP contribution is -2.32. The minimum absolute atomic E-state index is 0.236. The highest BCUT2D eigenvalue weighted by Crippen LogP contribution is 2.30. The molecule has 6 rings (SSSR count). The molecule has 0 aliphatic heterocycles. The van der Waals surface area contributed by atoms with E-state index in [2.05, 4.69) is 56.4 Å². The molecule has 202 valence electrons. The van der Waals surface area contributed by atoms with E-state index in [9.17, 15) is 4.79 Å². The van der Waals surface area contributed by atoms with Crippen LogP contribution in [0.3, 0.4) is 0 Å². The Morgan fingerprint density at radius 3 is 2.65 bits per heavy atom. The Labute approximate surface area is 232 Å². The number of ether oxygens (including phenoxy) is 1. The molecule has 6 aromatic rings. The van der Waals surface area contributed by atoms with Crippen LogP contribution in [0.5, 0.6) is 5.75 Å². The maximum atomic E-state index is 13.7. The standard InChI is InChI=1S/C32H31N5O3/c1-20-30(21(2)40-36-20)32(38)35-28(17-23-19-33-26-12-8-7-11-25(23)26)31-34-27-14-13-24(39-3)18-29(27)37(31)16-15-22-9-5-4-6-10-22/h4-14,18-19,28,33H,15-17H2,1-3H3,(H,35,38). The van der Waals surface area contributed by atoms with Gasteiger partial charge in [-0.15, -0.1) is 0 Å². The predicted molar refractivity (Wildman–Crippen MR) is 155 cm³/mol. The lowest BCUT2D eigenvalue weighted by atomic mass is 10.0. The van der Waals surface area contributed by atoms with Crippen LogP contribution in [0.25, 0.3) is 21.9 Å². The highest BCUT2D eigenvalue weighted by atomic mass is 16.5. The Balaban J connectivity index is 1.46. The van der Waals surface area contributed by atoms with Crippen LogP contribution in [0.4, 0.5) is 0 Å². The molecule has 0 radical (unpaired) electrons. The summed E-state index contributed by atoms with van der Waals surface area (Å²) in [4.78, 5) is 22.1. The molecule has 1 unspecified atom stereocenters. The molecule has 3 aromatic carbocycles. The fraction of sp³-hybridized carbons (Fsp3) is 0.219. The van der Waals surface area contributed by atoms with E-state index in [0.717, 1.165) is 45.5 Å². The van der Waals surface area contributed by atoms with Gasteiger partial charge in [0.15, 0.2) is 0 Å². The second kappa shape index (κ2) is 10.7. The van der Waals surface area contributed by atoms with Gasteiger partial charge in [0.25, 0.3) is 5.91 Å². The van der Waals surface area contributed by atoms with Gasteiger partial charge in [-0.1, -0.05) is 53.7 Å². The maximum absolute atomic E-state index is 13.7. The second-order valence-corrected chi connectivity index (χ2v) is 10.0. The number of benzene rings is 3. The van der Waals surface area contributed by atoms with Gasteiger partial charge in [-0.2, -0.15) is 0 Å². The van der Waals surface area contributed by atoms with E-state index < -0.39 is 6.04 Å². The predicted octanol–water partition coefficient (Wildman–Crippen LogP) is 6.09. The number of carbonyl (C=O) groups excluding carboxylic acids is 1. The molecule has 0 fully saturated rings. The topological polar surface area (TPSA) is 98.0 Å². The van der Waals surface area contributed by atoms with Crippen molar-refractivity contribution in [2.45, 2.75) is 39.3 Å². The third-order valence-electron chi connectivity index (χ3n) is 7.43. The van der Waals surface area contributed by atoms with Crippen molar-refractivity contribution < 1.29 is 14.1 Å². The average molecular weight is 534 g/mol. The van der Waals surface area contributed by atoms with Crippen molar-refractivity contribution >= 4 is 27.8 Å². The number of para-hydroxylation sites is 1. The number of aromatic nitrogens is 4. The van der Waals surface area contributed by atoms with Crippen LogP contribution < -0.4 is 10.1 Å². The number of nitrogens with one attached hydrogen (secondary N) is 2. The summed E-state index contributed by atoms with van der Waals surface area (Å²) in [6.45, 7) is 4.22. The molecule has 8 heteroatoms. The van der Waals surface area contributed by atoms with E-state index in [4.69, 9.17) is 14.2 Å². The zero-order valence-corrected chi connectivity index (χ0v) is 22.8. The first kappa shape index (κ1) is 25.4. The van der Waals surface area contributed by atoms with Crippen molar-refractivity contribution in [1.82, 2.24) is 25.0 Å². The summed E-state index contributed by atoms with van der Waals surface area (Å²) < 4.78 is 13.1. The summed E-state index contributed by atoms with van der Waals surface area (Å²) in [6, 6.07) is 24.0. The van der Waals surface area contributed by atoms with Crippen LogP contribution >= 0.6 is 0 Å². The molecule has 2 N–H and O–H groups in total. The van der Waals surface area contributed by atoms with E-state index >= 15 is 0 Å². The third kappa shape index (κ3) is 4.84. The number of methoxy groups -OCH3 is 1. The smallest absolute Gasteiger partial charge is 0.257 e. The van der Waals surface area contributed by atoms with Crippen molar-refractivity contribution in [3.63, 3.8) is 0 Å². The molecule has 0 saturated heterocycles. The zero-order chi connectivity index (χ0) is 27.6. The molecule has 0 bridgehead atoms. The lowest BCUT2D eigenvalue weighted by Gasteiger charge is -2.20. The van der Waals surface area contributed by atoms with Gasteiger partial charge in [-0.25, -0.2) is 4.98 Å². The van der Waals surface area contributed by atoms with E-state index in [1.54, 1.807) is 21.0 Å². The second-order valence-electron chi connectivity index (χ2n) is 10.0. The first-order valence-corrected chi connectivity index (χ1v) is 13.4. The highest BCUT2D eigenvalue weighted by Gasteiger charge is 2.27. The molecule has 0 aliphatic rings. The molecule has 0 saturated carbocycles. The van der Waals surface area contributed by atoms with E-state index in [1.807, 2.05) is 42.6 Å². The Kier molecular flexibility index (Phi) is 6.82. The SMILES string of the molecule is COc1ccc2nc(C(Cc3c[nH]c4ccccc34)NC(=O)c3c(C)noc3C)n(CCc3ccccc3)c2c1. The fourth-order valence-corrected chi connectivity index (χ4v) is 5.40. The third-order valence-corrected chi connectivity index (χ3v) is 7.43. The summed E-state index contributed by atoms with van der Waals surface area (Å²) in [6.07, 6.45) is 3.37. The highest BCUT2D eigenvalue weighted by molar-refractivity contribution is 5.96. The average Bonchev–Trinajstić information content (AvgIpc) is 3.66. The number of nitrogens with zero attached hydrogens (tertiary/aromatic N) is 3. The van der Waals surface area contributed by atoms with Crippen LogP contribution in [0.2, 0.25) is 0 Å². The minimum atomic E-state index is -0.422. The quantitative estimate of drug-likeness (QED) is 0.234. The molecule has 40 heavy (non-hydrogen) atoms. The monoisotopic (exact) mass is 533 g/mol. The fourth-order valence-electron chi connectivity index (χ4n) is 5.40. The molecule has 1 atom stereocenters. The van der Waals surface area contributed by atoms with E-state index in [0.29, 0.717) is 30.0 Å². The maximum Gasteiger partial charge on any atom is 0.257 e. The van der Waals surface area contributed by atoms with Gasteiger partial charge >= 0.3 is 0 Å². The van der Waals surface area contributed by atoms with Gasteiger partial charge in [-0.05, 0) is 49.6 Å². The molecular formula is C32H31N5O3. The van der Waals surface area contributed by atoms with Crippen molar-refractivity contribution in [3.8, 4) is 5.75 Å². The van der Waals surface area contributed by atoms with Gasteiger partial charge in [0, 0.05) is 36.1 Å². The number of imidazole rings is 1. The zero-order valence-electron chi connectivity index (χ0n) is 22.8. The number of rotatable bonds is 9. The Hall–Kier alpha value is -4.85. The van der Waals surface area contributed by atoms with Gasteiger partial charge in [0.1, 0.15) is 22.9 Å². The van der Waals surface area contributed by atoms with E-state index in [1.165, 1.54) is 5.56 Å². The first-order valence-electron chi connectivity index (χ1n) is 13.4. The van der Waals surface area contributed by atoms with Crippen molar-refractivity contribution in [2.75, 3.05) is 7.11 Å². The normalized spacial score (nSPS) is 12.2. The number of aryl methyl sites for hydroxylation is 4. The van der Waals surface area contributed by atoms with Gasteiger partial charge in [0.05, 0.1) is 29.9 Å².